The summed E-state index contributed by atoms with van der Waals surface area (Å²) in [5, 5.41) is 14.1. The van der Waals surface area contributed by atoms with Crippen molar-refractivity contribution in [1.82, 2.24) is 14.8 Å². The van der Waals surface area contributed by atoms with Gasteiger partial charge in [-0.2, -0.15) is 0 Å². The molecule has 8 nitrogen and oxygen atoms in total. The van der Waals surface area contributed by atoms with Crippen molar-refractivity contribution in [2.45, 2.75) is 11.8 Å². The number of thioether (sulfide) groups is 1. The topological polar surface area (TPSA) is 95.3 Å². The van der Waals surface area contributed by atoms with Crippen LogP contribution in [-0.4, -0.2) is 39.5 Å². The molecule has 9 heteroatoms. The summed E-state index contributed by atoms with van der Waals surface area (Å²) < 4.78 is 12.9. The first kappa shape index (κ1) is 25.0. The van der Waals surface area contributed by atoms with E-state index in [0.29, 0.717) is 16.7 Å². The Morgan fingerprint density at radius 1 is 0.868 bits per heavy atom. The summed E-state index contributed by atoms with van der Waals surface area (Å²) in [5.41, 5.74) is 1.53. The summed E-state index contributed by atoms with van der Waals surface area (Å²) in [6, 6.07) is 30.3. The summed E-state index contributed by atoms with van der Waals surface area (Å²) in [5.74, 6) is 0.604. The number of anilines is 1. The highest BCUT2D eigenvalue weighted by Crippen LogP contribution is 2.27. The Labute approximate surface area is 223 Å². The van der Waals surface area contributed by atoms with E-state index in [1.54, 1.807) is 24.3 Å². The number of benzene rings is 4. The fourth-order valence-corrected chi connectivity index (χ4v) is 4.75. The number of hydrogen-bond donors (Lipinski definition) is 1. The highest BCUT2D eigenvalue weighted by molar-refractivity contribution is 7.99. The van der Waals surface area contributed by atoms with Gasteiger partial charge >= 0.3 is 5.97 Å². The molecule has 0 aliphatic heterocycles. The summed E-state index contributed by atoms with van der Waals surface area (Å²) in [6.07, 6.45) is 0. The van der Waals surface area contributed by atoms with Crippen LogP contribution in [0, 0.1) is 0 Å². The number of rotatable bonds is 9. The number of carbonyl (C=O) groups excluding carboxylic acids is 2. The maximum absolute atomic E-state index is 12.8. The van der Waals surface area contributed by atoms with Crippen LogP contribution in [0.25, 0.3) is 16.5 Å². The second kappa shape index (κ2) is 11.6. The van der Waals surface area contributed by atoms with E-state index in [-0.39, 0.29) is 23.8 Å². The number of carbonyl (C=O) groups is 2. The molecule has 0 spiro atoms. The molecule has 190 valence electrons. The minimum absolute atomic E-state index is 0.0602. The fourth-order valence-electron chi connectivity index (χ4n) is 3.98. The van der Waals surface area contributed by atoms with Gasteiger partial charge in [0.25, 0.3) is 0 Å². The van der Waals surface area contributed by atoms with Gasteiger partial charge in [-0.3, -0.25) is 9.36 Å². The molecule has 0 unspecified atom stereocenters. The third kappa shape index (κ3) is 5.52. The lowest BCUT2D eigenvalue weighted by molar-refractivity contribution is -0.113. The lowest BCUT2D eigenvalue weighted by Crippen LogP contribution is -2.17. The highest BCUT2D eigenvalue weighted by Gasteiger charge is 2.18. The minimum atomic E-state index is -0.520. The van der Waals surface area contributed by atoms with Gasteiger partial charge in [-0.1, -0.05) is 78.5 Å². The minimum Gasteiger partial charge on any atom is -0.485 e. The summed E-state index contributed by atoms with van der Waals surface area (Å²) in [6.45, 7) is 0.190. The Morgan fingerprint density at radius 3 is 2.45 bits per heavy atom. The van der Waals surface area contributed by atoms with E-state index < -0.39 is 5.97 Å². The number of hydrogen-bond acceptors (Lipinski definition) is 7. The van der Waals surface area contributed by atoms with E-state index in [1.807, 2.05) is 77.4 Å². The van der Waals surface area contributed by atoms with Crippen molar-refractivity contribution in [2.24, 2.45) is 0 Å². The first-order valence-corrected chi connectivity index (χ1v) is 12.8. The molecule has 1 aromatic heterocycles. The van der Waals surface area contributed by atoms with Crippen LogP contribution in [0.15, 0.2) is 102 Å². The number of nitrogens with one attached hydrogen (secondary N) is 1. The molecule has 0 bridgehead atoms. The molecule has 0 radical (unpaired) electrons. The van der Waals surface area contributed by atoms with Gasteiger partial charge in [0.05, 0.1) is 24.1 Å². The first-order valence-electron chi connectivity index (χ1n) is 11.8. The largest absolute Gasteiger partial charge is 0.485 e. The van der Waals surface area contributed by atoms with Crippen molar-refractivity contribution < 1.29 is 19.1 Å². The van der Waals surface area contributed by atoms with Gasteiger partial charge in [0.15, 0.2) is 11.0 Å². The van der Waals surface area contributed by atoms with Crippen molar-refractivity contribution in [2.75, 3.05) is 18.2 Å². The van der Waals surface area contributed by atoms with Gasteiger partial charge < -0.3 is 14.8 Å². The Hall–Kier alpha value is -4.63. The number of fused-ring (bicyclic) bond motifs is 1. The van der Waals surface area contributed by atoms with E-state index >= 15 is 0 Å². The van der Waals surface area contributed by atoms with Crippen LogP contribution in [0.4, 0.5) is 5.69 Å². The fraction of sp³-hybridized carbons (Fsp3) is 0.103. The lowest BCUT2D eigenvalue weighted by atomic mass is 10.1. The van der Waals surface area contributed by atoms with Gasteiger partial charge in [-0.05, 0) is 35.7 Å². The van der Waals surface area contributed by atoms with Gasteiger partial charge in [0.1, 0.15) is 12.4 Å². The number of ether oxygens (including phenoxy) is 2. The SMILES string of the molecule is COC(=O)c1ccccc1NC(=O)CSc1nnc(COc2cccc3ccccc23)n1-c1ccccc1. The van der Waals surface area contributed by atoms with Crippen LogP contribution in [0.2, 0.25) is 0 Å². The lowest BCUT2D eigenvalue weighted by Gasteiger charge is -2.12. The van der Waals surface area contributed by atoms with Gasteiger partial charge in [-0.25, -0.2) is 4.79 Å². The van der Waals surface area contributed by atoms with Crippen LogP contribution in [-0.2, 0) is 16.1 Å². The molecule has 0 aliphatic rings. The number of aromatic nitrogens is 3. The molecule has 0 aliphatic carbocycles. The second-order valence-corrected chi connectivity index (χ2v) is 9.15. The summed E-state index contributed by atoms with van der Waals surface area (Å²) in [7, 11) is 1.30. The Bertz CT molecular complexity index is 1580. The molecule has 1 N–H and O–H groups in total. The number of methoxy groups -OCH3 is 1. The summed E-state index contributed by atoms with van der Waals surface area (Å²) >= 11 is 1.24. The second-order valence-electron chi connectivity index (χ2n) is 8.21. The molecule has 38 heavy (non-hydrogen) atoms. The molecular weight excluding hydrogens is 500 g/mol. The molecule has 5 aromatic rings. The Morgan fingerprint density at radius 2 is 1.61 bits per heavy atom. The van der Waals surface area contributed by atoms with Crippen molar-refractivity contribution in [3.63, 3.8) is 0 Å². The van der Waals surface area contributed by atoms with Crippen LogP contribution in [0.3, 0.4) is 0 Å². The van der Waals surface area contributed by atoms with Crippen LogP contribution in [0.1, 0.15) is 16.2 Å². The third-order valence-corrected chi connectivity index (χ3v) is 6.69. The molecule has 0 fully saturated rings. The standard InChI is InChI=1S/C29H24N4O4S/c1-36-28(35)23-15-7-8-16-24(23)30-27(34)19-38-29-32-31-26(33(29)21-12-3-2-4-13-21)18-37-25-17-9-11-20-10-5-6-14-22(20)25/h2-17H,18-19H2,1H3,(H,30,34). The molecule has 1 heterocycles. The van der Waals surface area contributed by atoms with E-state index in [1.165, 1.54) is 18.9 Å². The molecule has 1 amide bonds. The third-order valence-electron chi connectivity index (χ3n) is 5.76. The predicted octanol–water partition coefficient (Wildman–Crippen LogP) is 5.52. The quantitative estimate of drug-likeness (QED) is 0.200. The molecule has 0 saturated heterocycles. The number of para-hydroxylation sites is 2. The van der Waals surface area contributed by atoms with E-state index in [4.69, 9.17) is 9.47 Å². The zero-order valence-corrected chi connectivity index (χ0v) is 21.4. The maximum atomic E-state index is 12.8. The van der Waals surface area contributed by atoms with Crippen molar-refractivity contribution >= 4 is 40.1 Å². The number of nitrogens with zero attached hydrogens (tertiary/aromatic N) is 3. The normalized spacial score (nSPS) is 10.8. The van der Waals surface area contributed by atoms with Crippen LogP contribution >= 0.6 is 11.8 Å². The summed E-state index contributed by atoms with van der Waals surface area (Å²) in [4.78, 5) is 24.8. The smallest absolute Gasteiger partial charge is 0.339 e. The average Bonchev–Trinajstić information content (AvgIpc) is 3.38. The van der Waals surface area contributed by atoms with Gasteiger partial charge in [0, 0.05) is 11.1 Å². The zero-order chi connectivity index (χ0) is 26.3. The van der Waals surface area contributed by atoms with E-state index in [0.717, 1.165) is 22.2 Å². The van der Waals surface area contributed by atoms with Crippen molar-refractivity contribution in [1.29, 1.82) is 0 Å². The van der Waals surface area contributed by atoms with Gasteiger partial charge in [0.2, 0.25) is 5.91 Å². The van der Waals surface area contributed by atoms with Crippen LogP contribution in [0.5, 0.6) is 5.75 Å². The van der Waals surface area contributed by atoms with Crippen molar-refractivity contribution in [3.8, 4) is 11.4 Å². The number of amides is 1. The Balaban J connectivity index is 1.34. The van der Waals surface area contributed by atoms with Crippen molar-refractivity contribution in [3.05, 3.63) is 108 Å². The van der Waals surface area contributed by atoms with Crippen LogP contribution < -0.4 is 10.1 Å². The Kier molecular flexibility index (Phi) is 7.65. The number of esters is 1. The van der Waals surface area contributed by atoms with E-state index in [9.17, 15) is 9.59 Å². The molecule has 4 aromatic carbocycles. The molecule has 0 atom stereocenters. The first-order chi connectivity index (χ1) is 18.6. The maximum Gasteiger partial charge on any atom is 0.339 e. The zero-order valence-electron chi connectivity index (χ0n) is 20.5. The van der Waals surface area contributed by atoms with Gasteiger partial charge in [-0.15, -0.1) is 10.2 Å². The average molecular weight is 525 g/mol. The monoisotopic (exact) mass is 524 g/mol. The van der Waals surface area contributed by atoms with E-state index in [2.05, 4.69) is 15.5 Å². The predicted molar refractivity (Wildman–Crippen MR) is 147 cm³/mol. The molecule has 0 saturated carbocycles. The highest BCUT2D eigenvalue weighted by atomic mass is 32.2. The molecular formula is C29H24N4O4S. The molecule has 5 rings (SSSR count).